The number of phenols is 1. The topological polar surface area (TPSA) is 32.7 Å². The van der Waals surface area contributed by atoms with Crippen molar-refractivity contribution >= 4 is 0 Å². The van der Waals surface area contributed by atoms with Crippen molar-refractivity contribution in [1.29, 1.82) is 0 Å². The first-order chi connectivity index (χ1) is 9.16. The largest absolute Gasteiger partial charge is 0.508 e. The molecule has 1 heterocycles. The number of nitrogens with zero attached hydrogens (tertiary/aromatic N) is 1. The summed E-state index contributed by atoms with van der Waals surface area (Å²) in [5, 5.41) is 9.70. The van der Waals surface area contributed by atoms with E-state index in [4.69, 9.17) is 4.74 Å². The highest BCUT2D eigenvalue weighted by Gasteiger charge is 2.39. The predicted molar refractivity (Wildman–Crippen MR) is 82.3 cm³/mol. The van der Waals surface area contributed by atoms with E-state index in [0.29, 0.717) is 6.04 Å². The molecule has 0 spiro atoms. The Morgan fingerprint density at radius 1 is 1.40 bits per heavy atom. The predicted octanol–water partition coefficient (Wildman–Crippen LogP) is 4.11. The molecule has 0 aromatic heterocycles. The molecule has 0 aliphatic carbocycles. The summed E-state index contributed by atoms with van der Waals surface area (Å²) in [5.74, 6) is 1.07. The van der Waals surface area contributed by atoms with Crippen LogP contribution >= 0.6 is 0 Å². The van der Waals surface area contributed by atoms with E-state index in [-0.39, 0.29) is 16.9 Å². The number of rotatable bonds is 3. The summed E-state index contributed by atoms with van der Waals surface area (Å²) < 4.78 is 6.04. The minimum absolute atomic E-state index is 0.132. The minimum atomic E-state index is -0.219. The molecule has 112 valence electrons. The second-order valence-corrected chi connectivity index (χ2v) is 7.08. The molecule has 1 aliphatic rings. The van der Waals surface area contributed by atoms with Gasteiger partial charge < -0.3 is 9.84 Å². The second-order valence-electron chi connectivity index (χ2n) is 7.08. The van der Waals surface area contributed by atoms with Gasteiger partial charge in [0, 0.05) is 29.6 Å². The molecular weight excluding hydrogens is 250 g/mol. The lowest BCUT2D eigenvalue weighted by Crippen LogP contribution is -2.47. The van der Waals surface area contributed by atoms with Crippen molar-refractivity contribution in [3.05, 3.63) is 23.8 Å². The molecule has 0 fully saturated rings. The maximum Gasteiger partial charge on any atom is 0.128 e. The van der Waals surface area contributed by atoms with Gasteiger partial charge in [-0.2, -0.15) is 0 Å². The minimum Gasteiger partial charge on any atom is -0.508 e. The van der Waals surface area contributed by atoms with Gasteiger partial charge in [-0.05, 0) is 47.2 Å². The standard InChI is InChI=1S/C17H27NO2/c1-7-16(2,3)18(6)14-11-17(4,5)20-15-10-12(19)8-9-13(14)15/h8-10,14,19H,7,11H2,1-6H3. The first kappa shape index (κ1) is 15.2. The molecule has 0 amide bonds. The summed E-state index contributed by atoms with van der Waals surface area (Å²) in [6.07, 6.45) is 2.04. The molecule has 0 saturated heterocycles. The third kappa shape index (κ3) is 2.78. The van der Waals surface area contributed by atoms with Crippen LogP contribution in [0.25, 0.3) is 0 Å². The monoisotopic (exact) mass is 277 g/mol. The van der Waals surface area contributed by atoms with Crippen LogP contribution in [0.5, 0.6) is 11.5 Å². The Morgan fingerprint density at radius 2 is 2.05 bits per heavy atom. The molecule has 0 saturated carbocycles. The zero-order chi connectivity index (χ0) is 15.1. The van der Waals surface area contributed by atoms with Crippen LogP contribution in [0.15, 0.2) is 18.2 Å². The normalized spacial score (nSPS) is 21.4. The Labute approximate surface area is 122 Å². The molecule has 1 N–H and O–H groups in total. The van der Waals surface area contributed by atoms with E-state index in [1.165, 1.54) is 5.56 Å². The van der Waals surface area contributed by atoms with E-state index in [1.807, 2.05) is 6.07 Å². The number of ether oxygens (including phenoxy) is 1. The lowest BCUT2D eigenvalue weighted by Gasteiger charge is -2.47. The van der Waals surface area contributed by atoms with Crippen LogP contribution in [-0.4, -0.2) is 28.2 Å². The lowest BCUT2D eigenvalue weighted by atomic mass is 9.85. The molecule has 3 nitrogen and oxygen atoms in total. The van der Waals surface area contributed by atoms with Crippen LogP contribution in [0.2, 0.25) is 0 Å². The number of fused-ring (bicyclic) bond motifs is 1. The molecule has 1 aromatic rings. The highest BCUT2D eigenvalue weighted by Crippen LogP contribution is 2.45. The summed E-state index contributed by atoms with van der Waals surface area (Å²) >= 11 is 0. The first-order valence-electron chi connectivity index (χ1n) is 7.41. The molecule has 20 heavy (non-hydrogen) atoms. The van der Waals surface area contributed by atoms with Gasteiger partial charge in [-0.3, -0.25) is 4.90 Å². The van der Waals surface area contributed by atoms with Crippen molar-refractivity contribution in [3.63, 3.8) is 0 Å². The van der Waals surface area contributed by atoms with E-state index < -0.39 is 0 Å². The Balaban J connectivity index is 2.44. The van der Waals surface area contributed by atoms with Gasteiger partial charge in [-0.25, -0.2) is 0 Å². The summed E-state index contributed by atoms with van der Waals surface area (Å²) in [5.41, 5.74) is 1.09. The van der Waals surface area contributed by atoms with Gasteiger partial charge >= 0.3 is 0 Å². The van der Waals surface area contributed by atoms with Crippen molar-refractivity contribution in [2.24, 2.45) is 0 Å². The van der Waals surface area contributed by atoms with Crippen LogP contribution in [0.4, 0.5) is 0 Å². The van der Waals surface area contributed by atoms with Crippen molar-refractivity contribution in [1.82, 2.24) is 4.90 Å². The van der Waals surface area contributed by atoms with E-state index in [9.17, 15) is 5.11 Å². The quantitative estimate of drug-likeness (QED) is 0.902. The fourth-order valence-electron chi connectivity index (χ4n) is 2.82. The van der Waals surface area contributed by atoms with E-state index >= 15 is 0 Å². The third-order valence-electron chi connectivity index (χ3n) is 4.71. The van der Waals surface area contributed by atoms with Crippen LogP contribution in [0.1, 0.15) is 59.1 Å². The highest BCUT2D eigenvalue weighted by atomic mass is 16.5. The fraction of sp³-hybridized carbons (Fsp3) is 0.647. The van der Waals surface area contributed by atoms with Gasteiger partial charge in [-0.15, -0.1) is 0 Å². The molecule has 1 aliphatic heterocycles. The fourth-order valence-corrected chi connectivity index (χ4v) is 2.82. The van der Waals surface area contributed by atoms with Crippen LogP contribution < -0.4 is 4.74 Å². The SMILES string of the molecule is CCC(C)(C)N(C)C1CC(C)(C)Oc2cc(O)ccc21. The Kier molecular flexibility index (Phi) is 3.76. The van der Waals surface area contributed by atoms with E-state index in [1.54, 1.807) is 12.1 Å². The van der Waals surface area contributed by atoms with Crippen molar-refractivity contribution in [2.45, 2.75) is 64.6 Å². The van der Waals surface area contributed by atoms with E-state index in [2.05, 4.69) is 46.6 Å². The molecule has 1 aromatic carbocycles. The Morgan fingerprint density at radius 3 is 2.65 bits per heavy atom. The smallest absolute Gasteiger partial charge is 0.128 e. The second kappa shape index (κ2) is 4.96. The Hall–Kier alpha value is -1.22. The number of phenolic OH excluding ortho intramolecular Hbond substituents is 1. The van der Waals surface area contributed by atoms with Crippen molar-refractivity contribution in [2.75, 3.05) is 7.05 Å². The lowest BCUT2D eigenvalue weighted by molar-refractivity contribution is 0.00418. The van der Waals surface area contributed by atoms with Gasteiger partial charge in [0.1, 0.15) is 17.1 Å². The van der Waals surface area contributed by atoms with Crippen molar-refractivity contribution < 1.29 is 9.84 Å². The summed E-state index contributed by atoms with van der Waals surface area (Å²) in [7, 11) is 2.19. The average molecular weight is 277 g/mol. The Bertz CT molecular complexity index is 494. The van der Waals surface area contributed by atoms with Gasteiger partial charge in [0.15, 0.2) is 0 Å². The molecule has 2 rings (SSSR count). The van der Waals surface area contributed by atoms with Gasteiger partial charge in [-0.1, -0.05) is 13.0 Å². The maximum absolute atomic E-state index is 9.70. The molecule has 3 heteroatoms. The van der Waals surface area contributed by atoms with Crippen molar-refractivity contribution in [3.8, 4) is 11.5 Å². The number of aromatic hydroxyl groups is 1. The number of hydrogen-bond donors (Lipinski definition) is 1. The number of benzene rings is 1. The summed E-state index contributed by atoms with van der Waals surface area (Å²) in [6.45, 7) is 11.0. The molecule has 1 unspecified atom stereocenters. The van der Waals surface area contributed by atoms with Crippen LogP contribution in [0.3, 0.4) is 0 Å². The maximum atomic E-state index is 9.70. The van der Waals surface area contributed by atoms with Gasteiger partial charge in [0.05, 0.1) is 0 Å². The van der Waals surface area contributed by atoms with Crippen LogP contribution in [-0.2, 0) is 0 Å². The summed E-state index contributed by atoms with van der Waals surface area (Å²) in [6, 6.07) is 5.78. The molecule has 0 radical (unpaired) electrons. The van der Waals surface area contributed by atoms with E-state index in [0.717, 1.165) is 18.6 Å². The van der Waals surface area contributed by atoms with Gasteiger partial charge in [0.2, 0.25) is 0 Å². The molecule has 1 atom stereocenters. The molecule has 0 bridgehead atoms. The average Bonchev–Trinajstić information content (AvgIpc) is 2.35. The number of hydrogen-bond acceptors (Lipinski definition) is 3. The third-order valence-corrected chi connectivity index (χ3v) is 4.71. The zero-order valence-corrected chi connectivity index (χ0v) is 13.5. The summed E-state index contributed by atoms with van der Waals surface area (Å²) in [4.78, 5) is 2.44. The first-order valence-corrected chi connectivity index (χ1v) is 7.41. The highest BCUT2D eigenvalue weighted by molar-refractivity contribution is 5.44. The zero-order valence-electron chi connectivity index (χ0n) is 13.5. The van der Waals surface area contributed by atoms with Crippen LogP contribution in [0, 0.1) is 0 Å². The van der Waals surface area contributed by atoms with Gasteiger partial charge in [0.25, 0.3) is 0 Å². The molecular formula is C17H27NO2.